The Kier molecular flexibility index (Phi) is 8.01. The van der Waals surface area contributed by atoms with Crippen LogP contribution in [0.3, 0.4) is 0 Å². The monoisotopic (exact) mass is 459 g/mol. The number of ether oxygens (including phenoxy) is 2. The first-order chi connectivity index (χ1) is 15.3. The Balaban J connectivity index is 1.96. The number of benzene rings is 1. The van der Waals surface area contributed by atoms with Gasteiger partial charge >= 0.3 is 0 Å². The minimum atomic E-state index is -0.111. The highest BCUT2D eigenvalue weighted by Crippen LogP contribution is 2.38. The van der Waals surface area contributed by atoms with Crippen molar-refractivity contribution in [1.82, 2.24) is 9.88 Å². The van der Waals surface area contributed by atoms with Crippen LogP contribution in [0.4, 0.5) is 0 Å². The predicted molar refractivity (Wildman–Crippen MR) is 128 cm³/mol. The number of hydrogen-bond donors (Lipinski definition) is 1. The highest BCUT2D eigenvalue weighted by Gasteiger charge is 2.31. The molecule has 0 bridgehead atoms. The molecule has 0 radical (unpaired) electrons. The maximum Gasteiger partial charge on any atom is 0.256 e. The van der Waals surface area contributed by atoms with Crippen LogP contribution in [0, 0.1) is 13.8 Å². The van der Waals surface area contributed by atoms with Gasteiger partial charge in [-0.2, -0.15) is 0 Å². The second-order valence-corrected chi connectivity index (χ2v) is 8.99. The van der Waals surface area contributed by atoms with Gasteiger partial charge in [0.1, 0.15) is 5.75 Å². The van der Waals surface area contributed by atoms with Crippen molar-refractivity contribution in [2.45, 2.75) is 73.1 Å². The van der Waals surface area contributed by atoms with Gasteiger partial charge in [0.05, 0.1) is 29.8 Å². The first-order valence-electron chi connectivity index (χ1n) is 11.4. The van der Waals surface area contributed by atoms with E-state index in [1.165, 1.54) is 0 Å². The number of rotatable bonds is 9. The van der Waals surface area contributed by atoms with Crippen molar-refractivity contribution in [2.24, 2.45) is 5.73 Å². The van der Waals surface area contributed by atoms with E-state index in [0.29, 0.717) is 54.9 Å². The van der Waals surface area contributed by atoms with Crippen LogP contribution in [0.15, 0.2) is 12.1 Å². The summed E-state index contributed by atoms with van der Waals surface area (Å²) in [5, 5.41) is 0.360. The third-order valence-corrected chi connectivity index (χ3v) is 6.04. The van der Waals surface area contributed by atoms with Crippen molar-refractivity contribution < 1.29 is 14.3 Å². The van der Waals surface area contributed by atoms with E-state index in [0.717, 1.165) is 40.8 Å². The molecule has 3 rings (SSSR count). The molecule has 174 valence electrons. The van der Waals surface area contributed by atoms with Gasteiger partial charge in [-0.3, -0.25) is 4.79 Å². The van der Waals surface area contributed by atoms with E-state index in [1.807, 2.05) is 44.7 Å². The van der Waals surface area contributed by atoms with Crippen molar-refractivity contribution in [3.63, 3.8) is 0 Å². The highest BCUT2D eigenvalue weighted by molar-refractivity contribution is 6.35. The quantitative estimate of drug-likeness (QED) is 0.535. The molecule has 1 aromatic carbocycles. The molecule has 2 N–H and O–H groups in total. The van der Waals surface area contributed by atoms with Crippen molar-refractivity contribution in [3.05, 3.63) is 50.7 Å². The van der Waals surface area contributed by atoms with Gasteiger partial charge in [0, 0.05) is 24.3 Å². The first kappa shape index (κ1) is 24.3. The molecule has 1 aliphatic heterocycles. The zero-order valence-corrected chi connectivity index (χ0v) is 20.5. The number of carbonyl (C=O) groups excluding carboxylic acids is 1. The molecule has 0 aliphatic carbocycles. The smallest absolute Gasteiger partial charge is 0.256 e. The summed E-state index contributed by atoms with van der Waals surface area (Å²) in [4.78, 5) is 20.0. The fourth-order valence-electron chi connectivity index (χ4n) is 4.06. The summed E-state index contributed by atoms with van der Waals surface area (Å²) in [5.41, 5.74) is 11.2. The number of nitrogens with zero attached hydrogens (tertiary/aromatic N) is 2. The normalized spacial score (nSPS) is 13.5. The molecule has 0 fully saturated rings. The summed E-state index contributed by atoms with van der Waals surface area (Å²) >= 11 is 6.68. The van der Waals surface area contributed by atoms with Crippen LogP contribution < -0.4 is 15.2 Å². The molecule has 1 amide bonds. The second-order valence-electron chi connectivity index (χ2n) is 8.62. The fourth-order valence-corrected chi connectivity index (χ4v) is 4.35. The molecule has 0 atom stereocenters. The summed E-state index contributed by atoms with van der Waals surface area (Å²) in [6, 6.07) is 3.90. The third kappa shape index (κ3) is 5.18. The van der Waals surface area contributed by atoms with Gasteiger partial charge in [-0.15, -0.1) is 0 Å². The average molecular weight is 460 g/mol. The highest BCUT2D eigenvalue weighted by atomic mass is 35.5. The minimum absolute atomic E-state index is 0.0601. The van der Waals surface area contributed by atoms with E-state index in [2.05, 4.69) is 11.9 Å². The molecule has 0 spiro atoms. The van der Waals surface area contributed by atoms with Gasteiger partial charge in [-0.05, 0) is 69.4 Å². The fraction of sp³-hybridized carbons (Fsp3) is 0.520. The lowest BCUT2D eigenvalue weighted by Crippen LogP contribution is -2.38. The number of pyridine rings is 1. The molecule has 7 heteroatoms. The van der Waals surface area contributed by atoms with Crippen LogP contribution in [0.2, 0.25) is 5.02 Å². The predicted octanol–water partition coefficient (Wildman–Crippen LogP) is 4.98. The van der Waals surface area contributed by atoms with Gasteiger partial charge in [0.25, 0.3) is 5.91 Å². The number of halogens is 1. The second kappa shape index (κ2) is 10.5. The molecule has 6 nitrogen and oxygen atoms in total. The lowest BCUT2D eigenvalue weighted by atomic mass is 9.92. The Morgan fingerprint density at radius 2 is 2.03 bits per heavy atom. The molecule has 1 aliphatic rings. The standard InChI is InChI=1S/C25H34ClN3O3/c1-6-7-10-31-24-20(16(4)11-17(5)28-24)14-29-9-8-19-18(13-27)12-21(32-15(2)3)23(26)22(19)25(29)30/h11-12,15H,6-10,13-14,27H2,1-5H3. The van der Waals surface area contributed by atoms with E-state index in [4.69, 9.17) is 26.8 Å². The van der Waals surface area contributed by atoms with Crippen molar-refractivity contribution in [3.8, 4) is 11.6 Å². The number of carbonyl (C=O) groups is 1. The molecule has 32 heavy (non-hydrogen) atoms. The van der Waals surface area contributed by atoms with Crippen LogP contribution in [0.5, 0.6) is 11.6 Å². The Morgan fingerprint density at radius 1 is 1.28 bits per heavy atom. The summed E-state index contributed by atoms with van der Waals surface area (Å²) in [6.07, 6.45) is 2.64. The lowest BCUT2D eigenvalue weighted by molar-refractivity contribution is 0.0723. The minimum Gasteiger partial charge on any atom is -0.489 e. The molecule has 2 aromatic rings. The van der Waals surface area contributed by atoms with Crippen molar-refractivity contribution >= 4 is 17.5 Å². The maximum atomic E-state index is 13.6. The van der Waals surface area contributed by atoms with Gasteiger partial charge in [0.15, 0.2) is 0 Å². The number of unbranched alkanes of at least 4 members (excludes halogenated alkanes) is 1. The summed E-state index contributed by atoms with van der Waals surface area (Å²) in [7, 11) is 0. The zero-order chi connectivity index (χ0) is 23.4. The van der Waals surface area contributed by atoms with Crippen LogP contribution >= 0.6 is 11.6 Å². The van der Waals surface area contributed by atoms with Crippen LogP contribution in [0.25, 0.3) is 0 Å². The van der Waals surface area contributed by atoms with Crippen molar-refractivity contribution in [2.75, 3.05) is 13.2 Å². The van der Waals surface area contributed by atoms with E-state index >= 15 is 0 Å². The van der Waals surface area contributed by atoms with E-state index < -0.39 is 0 Å². The summed E-state index contributed by atoms with van der Waals surface area (Å²) < 4.78 is 11.9. The van der Waals surface area contributed by atoms with Crippen LogP contribution in [-0.4, -0.2) is 35.0 Å². The molecule has 0 unspecified atom stereocenters. The van der Waals surface area contributed by atoms with Gasteiger partial charge in [-0.25, -0.2) is 4.98 Å². The number of fused-ring (bicyclic) bond motifs is 1. The Hall–Kier alpha value is -2.31. The topological polar surface area (TPSA) is 77.7 Å². The van der Waals surface area contributed by atoms with Crippen molar-refractivity contribution in [1.29, 1.82) is 0 Å². The number of aromatic nitrogens is 1. The molecule has 0 saturated heterocycles. The molecule has 0 saturated carbocycles. The zero-order valence-electron chi connectivity index (χ0n) is 19.8. The lowest BCUT2D eigenvalue weighted by Gasteiger charge is -2.32. The number of aryl methyl sites for hydroxylation is 2. The largest absolute Gasteiger partial charge is 0.489 e. The number of nitrogens with two attached hydrogens (primary N) is 1. The summed E-state index contributed by atoms with van der Waals surface area (Å²) in [5.74, 6) is 1.01. The molecular weight excluding hydrogens is 426 g/mol. The van der Waals surface area contributed by atoms with Gasteiger partial charge in [-0.1, -0.05) is 24.9 Å². The molecule has 1 aromatic heterocycles. The Labute approximate surface area is 196 Å². The third-order valence-electron chi connectivity index (χ3n) is 5.67. The Bertz CT molecular complexity index is 991. The van der Waals surface area contributed by atoms with E-state index in [1.54, 1.807) is 0 Å². The van der Waals surface area contributed by atoms with Crippen LogP contribution in [-0.2, 0) is 19.5 Å². The SMILES string of the molecule is CCCCOc1nc(C)cc(C)c1CN1CCc2c(CN)cc(OC(C)C)c(Cl)c2C1=O. The Morgan fingerprint density at radius 3 is 2.69 bits per heavy atom. The van der Waals surface area contributed by atoms with Gasteiger partial charge in [0.2, 0.25) is 5.88 Å². The van der Waals surface area contributed by atoms with E-state index in [-0.39, 0.29) is 12.0 Å². The van der Waals surface area contributed by atoms with Crippen LogP contribution in [0.1, 0.15) is 71.9 Å². The molecule has 2 heterocycles. The number of amides is 1. The number of hydrogen-bond acceptors (Lipinski definition) is 5. The maximum absolute atomic E-state index is 13.6. The molecular formula is C25H34ClN3O3. The average Bonchev–Trinajstić information content (AvgIpc) is 2.73. The van der Waals surface area contributed by atoms with Gasteiger partial charge < -0.3 is 20.1 Å². The first-order valence-corrected chi connectivity index (χ1v) is 11.7. The summed E-state index contributed by atoms with van der Waals surface area (Å²) in [6.45, 7) is 11.9. The van der Waals surface area contributed by atoms with E-state index in [9.17, 15) is 4.79 Å².